The van der Waals surface area contributed by atoms with Crippen LogP contribution in [0.15, 0.2) is 17.7 Å². The zero-order valence-corrected chi connectivity index (χ0v) is 8.41. The molecule has 2 N–H and O–H groups in total. The number of aryl methyl sites for hydroxylation is 1. The number of imidazole rings is 1. The number of rotatable bonds is 2. The summed E-state index contributed by atoms with van der Waals surface area (Å²) >= 11 is 1.56. The van der Waals surface area contributed by atoms with E-state index in [0.717, 1.165) is 16.3 Å². The average molecular weight is 207 g/mol. The van der Waals surface area contributed by atoms with E-state index in [2.05, 4.69) is 4.98 Å². The zero-order valence-electron chi connectivity index (χ0n) is 7.60. The second-order valence-electron chi connectivity index (χ2n) is 2.87. The number of aromatic nitrogens is 2. The normalized spacial score (nSPS) is 11.5. The molecular weight excluding hydrogens is 198 g/mol. The summed E-state index contributed by atoms with van der Waals surface area (Å²) < 4.78 is 1.93. The van der Waals surface area contributed by atoms with Gasteiger partial charge in [0.1, 0.15) is 0 Å². The molecule has 0 aliphatic carbocycles. The molecule has 72 valence electrons. The van der Waals surface area contributed by atoms with E-state index in [0.29, 0.717) is 0 Å². The van der Waals surface area contributed by atoms with Crippen LogP contribution < -0.4 is 5.73 Å². The lowest BCUT2D eigenvalue weighted by Gasteiger charge is -1.90. The third-order valence-electron chi connectivity index (χ3n) is 1.89. The maximum atomic E-state index is 10.6. The van der Waals surface area contributed by atoms with Crippen LogP contribution in [-0.4, -0.2) is 15.3 Å². The largest absolute Gasteiger partial charge is 0.366 e. The molecule has 1 amide bonds. The average Bonchev–Trinajstić information content (AvgIpc) is 2.61. The van der Waals surface area contributed by atoms with Gasteiger partial charge in [-0.05, 0) is 13.0 Å². The molecule has 5 heteroatoms. The monoisotopic (exact) mass is 207 g/mol. The fourth-order valence-electron chi connectivity index (χ4n) is 1.27. The van der Waals surface area contributed by atoms with E-state index in [4.69, 9.17) is 5.73 Å². The van der Waals surface area contributed by atoms with Crippen molar-refractivity contribution < 1.29 is 4.79 Å². The highest BCUT2D eigenvalue weighted by Gasteiger charge is 2.05. The lowest BCUT2D eigenvalue weighted by atomic mass is 10.3. The van der Waals surface area contributed by atoms with Crippen molar-refractivity contribution in [3.63, 3.8) is 0 Å². The molecule has 0 saturated carbocycles. The van der Waals surface area contributed by atoms with E-state index >= 15 is 0 Å². The molecule has 0 aliphatic rings. The van der Waals surface area contributed by atoms with Crippen molar-refractivity contribution in [2.45, 2.75) is 6.92 Å². The second-order valence-corrected chi connectivity index (χ2v) is 3.75. The molecule has 0 atom stereocenters. The van der Waals surface area contributed by atoms with Gasteiger partial charge in [0.05, 0.1) is 11.4 Å². The lowest BCUT2D eigenvalue weighted by Crippen LogP contribution is -2.05. The molecule has 0 fully saturated rings. The summed E-state index contributed by atoms with van der Waals surface area (Å²) in [7, 11) is 0. The minimum absolute atomic E-state index is 0.449. The SMILES string of the molecule is Cc1nc2sccn2c1/C=C/C(N)=O. The molecule has 4 nitrogen and oxygen atoms in total. The first-order valence-electron chi connectivity index (χ1n) is 4.08. The van der Waals surface area contributed by atoms with Crippen molar-refractivity contribution in [1.29, 1.82) is 0 Å². The molecule has 2 aromatic heterocycles. The second kappa shape index (κ2) is 3.26. The van der Waals surface area contributed by atoms with Gasteiger partial charge < -0.3 is 5.73 Å². The Morgan fingerprint density at radius 2 is 2.50 bits per heavy atom. The van der Waals surface area contributed by atoms with Gasteiger partial charge >= 0.3 is 0 Å². The van der Waals surface area contributed by atoms with Crippen LogP contribution in [0.2, 0.25) is 0 Å². The highest BCUT2D eigenvalue weighted by Crippen LogP contribution is 2.17. The van der Waals surface area contributed by atoms with Crippen LogP contribution in [0, 0.1) is 6.92 Å². The minimum Gasteiger partial charge on any atom is -0.366 e. The summed E-state index contributed by atoms with van der Waals surface area (Å²) in [4.78, 5) is 15.8. The third-order valence-corrected chi connectivity index (χ3v) is 2.65. The lowest BCUT2D eigenvalue weighted by molar-refractivity contribution is -0.113. The van der Waals surface area contributed by atoms with Crippen LogP contribution >= 0.6 is 11.3 Å². The first kappa shape index (κ1) is 8.96. The maximum absolute atomic E-state index is 10.6. The molecule has 0 unspecified atom stereocenters. The fraction of sp³-hybridized carbons (Fsp3) is 0.111. The van der Waals surface area contributed by atoms with Crippen LogP contribution in [0.1, 0.15) is 11.4 Å². The van der Waals surface area contributed by atoms with Crippen molar-refractivity contribution >= 4 is 28.3 Å². The van der Waals surface area contributed by atoms with Crippen LogP contribution in [-0.2, 0) is 4.79 Å². The fourth-order valence-corrected chi connectivity index (χ4v) is 2.04. The van der Waals surface area contributed by atoms with Gasteiger partial charge in [-0.3, -0.25) is 9.20 Å². The molecule has 2 aromatic rings. The van der Waals surface area contributed by atoms with Crippen LogP contribution in [0.5, 0.6) is 0 Å². The highest BCUT2D eigenvalue weighted by atomic mass is 32.1. The van der Waals surface area contributed by atoms with E-state index in [1.807, 2.05) is 22.9 Å². The van der Waals surface area contributed by atoms with Gasteiger partial charge in [0.15, 0.2) is 4.96 Å². The van der Waals surface area contributed by atoms with Crippen LogP contribution in [0.3, 0.4) is 0 Å². The van der Waals surface area contributed by atoms with Crippen LogP contribution in [0.4, 0.5) is 0 Å². The molecule has 0 bridgehead atoms. The highest BCUT2D eigenvalue weighted by molar-refractivity contribution is 7.15. The summed E-state index contributed by atoms with van der Waals surface area (Å²) in [6.07, 6.45) is 4.94. The van der Waals surface area contributed by atoms with Gasteiger partial charge in [0, 0.05) is 17.7 Å². The van der Waals surface area contributed by atoms with Gasteiger partial charge in [-0.15, -0.1) is 11.3 Å². The number of fused-ring (bicyclic) bond motifs is 1. The summed E-state index contributed by atoms with van der Waals surface area (Å²) in [5.41, 5.74) is 6.83. The molecular formula is C9H9N3OS. The van der Waals surface area contributed by atoms with Crippen molar-refractivity contribution in [3.8, 4) is 0 Å². The number of nitrogens with zero attached hydrogens (tertiary/aromatic N) is 2. The maximum Gasteiger partial charge on any atom is 0.241 e. The van der Waals surface area contributed by atoms with E-state index in [1.54, 1.807) is 17.4 Å². The molecule has 0 radical (unpaired) electrons. The van der Waals surface area contributed by atoms with Crippen molar-refractivity contribution in [3.05, 3.63) is 29.0 Å². The number of hydrogen-bond donors (Lipinski definition) is 1. The quantitative estimate of drug-likeness (QED) is 0.752. The summed E-state index contributed by atoms with van der Waals surface area (Å²) in [6.45, 7) is 1.90. The molecule has 14 heavy (non-hydrogen) atoms. The van der Waals surface area contributed by atoms with Crippen molar-refractivity contribution in [2.24, 2.45) is 5.73 Å². The number of nitrogens with two attached hydrogens (primary N) is 1. The predicted molar refractivity (Wildman–Crippen MR) is 56.0 cm³/mol. The number of carbonyl (C=O) groups is 1. The number of thiazole rings is 1. The van der Waals surface area contributed by atoms with E-state index in [9.17, 15) is 4.79 Å². The zero-order chi connectivity index (χ0) is 10.1. The van der Waals surface area contributed by atoms with Crippen LogP contribution in [0.25, 0.3) is 11.0 Å². The summed E-state index contributed by atoms with van der Waals surface area (Å²) in [5, 5.41) is 1.95. The van der Waals surface area contributed by atoms with Crippen molar-refractivity contribution in [1.82, 2.24) is 9.38 Å². The topological polar surface area (TPSA) is 60.4 Å². The molecule has 2 rings (SSSR count). The summed E-state index contributed by atoms with van der Waals surface area (Å²) in [5.74, 6) is -0.449. The number of primary amides is 1. The molecule has 0 aromatic carbocycles. The minimum atomic E-state index is -0.449. The van der Waals surface area contributed by atoms with Crippen molar-refractivity contribution in [2.75, 3.05) is 0 Å². The van der Waals surface area contributed by atoms with Gasteiger partial charge in [-0.1, -0.05) is 0 Å². The summed E-state index contributed by atoms with van der Waals surface area (Å²) in [6, 6.07) is 0. The first-order chi connectivity index (χ1) is 6.68. The Hall–Kier alpha value is -1.62. The Bertz CT molecular complexity index is 509. The molecule has 0 saturated heterocycles. The number of hydrogen-bond acceptors (Lipinski definition) is 3. The smallest absolute Gasteiger partial charge is 0.241 e. The Morgan fingerprint density at radius 1 is 1.71 bits per heavy atom. The van der Waals surface area contributed by atoms with Gasteiger partial charge in [-0.25, -0.2) is 4.98 Å². The predicted octanol–water partition coefficient (Wildman–Crippen LogP) is 1.20. The Kier molecular flexibility index (Phi) is 2.09. The number of amides is 1. The Morgan fingerprint density at radius 3 is 3.21 bits per heavy atom. The molecule has 2 heterocycles. The Labute approximate surface area is 84.7 Å². The molecule has 0 aliphatic heterocycles. The van der Waals surface area contributed by atoms with Gasteiger partial charge in [0.2, 0.25) is 5.91 Å². The first-order valence-corrected chi connectivity index (χ1v) is 4.96. The van der Waals surface area contributed by atoms with Gasteiger partial charge in [-0.2, -0.15) is 0 Å². The number of carbonyl (C=O) groups excluding carboxylic acids is 1. The molecule has 0 spiro atoms. The van der Waals surface area contributed by atoms with E-state index in [1.165, 1.54) is 6.08 Å². The van der Waals surface area contributed by atoms with Gasteiger partial charge in [0.25, 0.3) is 0 Å². The van der Waals surface area contributed by atoms with E-state index in [-0.39, 0.29) is 0 Å². The Balaban J connectivity index is 2.54. The van der Waals surface area contributed by atoms with E-state index < -0.39 is 5.91 Å². The standard InChI is InChI=1S/C9H9N3OS/c1-6-7(2-3-8(10)13)12-4-5-14-9(12)11-6/h2-5H,1H3,(H2,10,13)/b3-2+. The third kappa shape index (κ3) is 1.42.